The summed E-state index contributed by atoms with van der Waals surface area (Å²) < 4.78 is 15.4. The summed E-state index contributed by atoms with van der Waals surface area (Å²) in [6.45, 7) is 10.7. The van der Waals surface area contributed by atoms with Gasteiger partial charge in [-0.3, -0.25) is 14.9 Å². The Morgan fingerprint density at radius 2 is 1.45 bits per heavy atom. The first-order chi connectivity index (χ1) is 15.5. The SMILES string of the molecule is CCOC(=O)c1c(C)oc(NC(=O)CNC(=O)c2ccc(C(C)(C)C)cc2)c1C(=O)OCC. The van der Waals surface area contributed by atoms with E-state index < -0.39 is 23.8 Å². The van der Waals surface area contributed by atoms with E-state index in [1.165, 1.54) is 6.92 Å². The maximum atomic E-state index is 12.4. The van der Waals surface area contributed by atoms with Crippen molar-refractivity contribution in [3.63, 3.8) is 0 Å². The summed E-state index contributed by atoms with van der Waals surface area (Å²) in [5, 5.41) is 4.93. The van der Waals surface area contributed by atoms with Gasteiger partial charge in [0.1, 0.15) is 16.9 Å². The maximum Gasteiger partial charge on any atom is 0.344 e. The summed E-state index contributed by atoms with van der Waals surface area (Å²) in [5.74, 6) is -2.84. The third kappa shape index (κ3) is 6.44. The largest absolute Gasteiger partial charge is 0.462 e. The number of benzene rings is 1. The molecule has 0 unspecified atom stereocenters. The molecule has 1 aromatic heterocycles. The third-order valence-corrected chi connectivity index (χ3v) is 4.72. The Labute approximate surface area is 192 Å². The highest BCUT2D eigenvalue weighted by Gasteiger charge is 2.31. The quantitative estimate of drug-likeness (QED) is 0.579. The van der Waals surface area contributed by atoms with Crippen LogP contribution in [0, 0.1) is 6.92 Å². The third-order valence-electron chi connectivity index (χ3n) is 4.72. The summed E-state index contributed by atoms with van der Waals surface area (Å²) in [4.78, 5) is 49.5. The Morgan fingerprint density at radius 1 is 0.909 bits per heavy atom. The monoisotopic (exact) mass is 458 g/mol. The number of carbonyl (C=O) groups is 4. The minimum Gasteiger partial charge on any atom is -0.462 e. The number of amides is 2. The molecule has 0 atom stereocenters. The molecule has 0 saturated carbocycles. The summed E-state index contributed by atoms with van der Waals surface area (Å²) in [7, 11) is 0. The predicted molar refractivity (Wildman–Crippen MR) is 121 cm³/mol. The second kappa shape index (κ2) is 10.8. The molecule has 0 aliphatic heterocycles. The van der Waals surface area contributed by atoms with E-state index in [1.807, 2.05) is 12.1 Å². The van der Waals surface area contributed by atoms with Crippen LogP contribution in [0.4, 0.5) is 5.88 Å². The zero-order valence-electron chi connectivity index (χ0n) is 19.8. The Bertz CT molecular complexity index is 1030. The maximum absolute atomic E-state index is 12.4. The van der Waals surface area contributed by atoms with Crippen molar-refractivity contribution in [2.24, 2.45) is 0 Å². The second-order valence-corrected chi connectivity index (χ2v) is 8.24. The number of hydrogen-bond donors (Lipinski definition) is 2. The molecule has 2 amide bonds. The molecule has 9 nitrogen and oxygen atoms in total. The molecule has 0 fully saturated rings. The number of aryl methyl sites for hydroxylation is 1. The van der Waals surface area contributed by atoms with Gasteiger partial charge < -0.3 is 19.2 Å². The van der Waals surface area contributed by atoms with Crippen molar-refractivity contribution in [3.05, 3.63) is 52.3 Å². The van der Waals surface area contributed by atoms with Gasteiger partial charge in [-0.15, -0.1) is 0 Å². The molecule has 0 aliphatic rings. The van der Waals surface area contributed by atoms with Crippen molar-refractivity contribution < 1.29 is 33.1 Å². The lowest BCUT2D eigenvalue weighted by Gasteiger charge is -2.19. The lowest BCUT2D eigenvalue weighted by molar-refractivity contribution is -0.115. The summed E-state index contributed by atoms with van der Waals surface area (Å²) in [6.07, 6.45) is 0. The van der Waals surface area contributed by atoms with Gasteiger partial charge in [0.05, 0.1) is 19.8 Å². The molecule has 178 valence electrons. The first kappa shape index (κ1) is 25.6. The van der Waals surface area contributed by atoms with Crippen LogP contribution in [-0.4, -0.2) is 43.5 Å². The average Bonchev–Trinajstić information content (AvgIpc) is 3.07. The van der Waals surface area contributed by atoms with Crippen molar-refractivity contribution in [3.8, 4) is 0 Å². The lowest BCUT2D eigenvalue weighted by Crippen LogP contribution is -2.33. The number of ether oxygens (including phenoxy) is 2. The van der Waals surface area contributed by atoms with Crippen LogP contribution in [0.5, 0.6) is 0 Å². The molecule has 9 heteroatoms. The van der Waals surface area contributed by atoms with E-state index >= 15 is 0 Å². The topological polar surface area (TPSA) is 124 Å². The molecule has 0 spiro atoms. The zero-order valence-corrected chi connectivity index (χ0v) is 19.8. The Morgan fingerprint density at radius 3 is 1.97 bits per heavy atom. The van der Waals surface area contributed by atoms with Gasteiger partial charge in [0.2, 0.25) is 11.8 Å². The molecule has 2 rings (SSSR count). The number of nitrogens with one attached hydrogen (secondary N) is 2. The van der Waals surface area contributed by atoms with E-state index in [1.54, 1.807) is 26.0 Å². The van der Waals surface area contributed by atoms with Gasteiger partial charge in [0, 0.05) is 5.56 Å². The smallest absolute Gasteiger partial charge is 0.344 e. The van der Waals surface area contributed by atoms with Crippen LogP contribution >= 0.6 is 0 Å². The average molecular weight is 459 g/mol. The van der Waals surface area contributed by atoms with Gasteiger partial charge in [-0.25, -0.2) is 9.59 Å². The first-order valence-electron chi connectivity index (χ1n) is 10.7. The van der Waals surface area contributed by atoms with Crippen LogP contribution in [0.15, 0.2) is 28.7 Å². The lowest BCUT2D eigenvalue weighted by atomic mass is 9.87. The first-order valence-corrected chi connectivity index (χ1v) is 10.7. The number of anilines is 1. The van der Waals surface area contributed by atoms with Crippen molar-refractivity contribution in [1.29, 1.82) is 0 Å². The Kier molecular flexibility index (Phi) is 8.39. The van der Waals surface area contributed by atoms with Gasteiger partial charge in [-0.2, -0.15) is 0 Å². The van der Waals surface area contributed by atoms with Crippen LogP contribution < -0.4 is 10.6 Å². The summed E-state index contributed by atoms with van der Waals surface area (Å²) in [6, 6.07) is 7.11. The van der Waals surface area contributed by atoms with Gasteiger partial charge in [0.15, 0.2) is 0 Å². The number of carbonyl (C=O) groups excluding carboxylic acids is 4. The molecule has 0 saturated heterocycles. The van der Waals surface area contributed by atoms with E-state index in [0.29, 0.717) is 5.56 Å². The fourth-order valence-corrected chi connectivity index (χ4v) is 3.03. The van der Waals surface area contributed by atoms with Crippen molar-refractivity contribution >= 4 is 29.6 Å². The van der Waals surface area contributed by atoms with E-state index in [2.05, 4.69) is 31.4 Å². The van der Waals surface area contributed by atoms with Gasteiger partial charge >= 0.3 is 11.9 Å². The van der Waals surface area contributed by atoms with E-state index in [4.69, 9.17) is 13.9 Å². The van der Waals surface area contributed by atoms with E-state index in [-0.39, 0.29) is 47.9 Å². The van der Waals surface area contributed by atoms with Crippen LogP contribution in [0.2, 0.25) is 0 Å². The van der Waals surface area contributed by atoms with Crippen LogP contribution in [0.25, 0.3) is 0 Å². The molecular formula is C24H30N2O7. The van der Waals surface area contributed by atoms with E-state index in [9.17, 15) is 19.2 Å². The van der Waals surface area contributed by atoms with Crippen LogP contribution in [-0.2, 0) is 19.7 Å². The zero-order chi connectivity index (χ0) is 24.8. The second-order valence-electron chi connectivity index (χ2n) is 8.24. The molecule has 0 bridgehead atoms. The van der Waals surface area contributed by atoms with Crippen molar-refractivity contribution in [2.45, 2.75) is 47.0 Å². The molecule has 2 N–H and O–H groups in total. The minimum absolute atomic E-state index is 0.0465. The summed E-state index contributed by atoms with van der Waals surface area (Å²) in [5.41, 5.74) is 1.09. The van der Waals surface area contributed by atoms with Crippen LogP contribution in [0.3, 0.4) is 0 Å². The highest BCUT2D eigenvalue weighted by molar-refractivity contribution is 6.09. The molecule has 0 aliphatic carbocycles. The van der Waals surface area contributed by atoms with Crippen molar-refractivity contribution in [1.82, 2.24) is 5.32 Å². The number of hydrogen-bond acceptors (Lipinski definition) is 7. The molecule has 2 aromatic rings. The number of rotatable bonds is 8. The van der Waals surface area contributed by atoms with Crippen LogP contribution in [0.1, 0.15) is 77.0 Å². The predicted octanol–water partition coefficient (Wildman–Crippen LogP) is 3.61. The molecule has 1 heterocycles. The molecule has 33 heavy (non-hydrogen) atoms. The highest BCUT2D eigenvalue weighted by atomic mass is 16.5. The Hall–Kier alpha value is -3.62. The number of furan rings is 1. The standard InChI is InChI=1S/C24H30N2O7/c1-7-31-22(29)18-14(3)33-21(19(18)23(30)32-8-2)26-17(27)13-25-20(28)15-9-11-16(12-10-15)24(4,5)6/h9-12H,7-8,13H2,1-6H3,(H,25,28)(H,26,27). The normalized spacial score (nSPS) is 11.0. The number of esters is 2. The van der Waals surface area contributed by atoms with Gasteiger partial charge in [-0.05, 0) is 43.9 Å². The fraction of sp³-hybridized carbons (Fsp3) is 0.417. The molecule has 1 aromatic carbocycles. The molecule has 0 radical (unpaired) electrons. The molecular weight excluding hydrogens is 428 g/mol. The minimum atomic E-state index is -0.837. The van der Waals surface area contributed by atoms with Crippen molar-refractivity contribution in [2.75, 3.05) is 25.1 Å². The Balaban J connectivity index is 2.13. The van der Waals surface area contributed by atoms with Gasteiger partial charge in [-0.1, -0.05) is 32.9 Å². The van der Waals surface area contributed by atoms with E-state index in [0.717, 1.165) is 5.56 Å². The summed E-state index contributed by atoms with van der Waals surface area (Å²) >= 11 is 0. The fourth-order valence-electron chi connectivity index (χ4n) is 3.03. The highest BCUT2D eigenvalue weighted by Crippen LogP contribution is 2.29. The van der Waals surface area contributed by atoms with Gasteiger partial charge in [0.25, 0.3) is 5.91 Å².